The Morgan fingerprint density at radius 1 is 1.19 bits per heavy atom. The van der Waals surface area contributed by atoms with Gasteiger partial charge in [0.05, 0.1) is 11.4 Å². The molecule has 1 aliphatic heterocycles. The van der Waals surface area contributed by atoms with E-state index >= 15 is 0 Å². The van der Waals surface area contributed by atoms with E-state index in [9.17, 15) is 18.0 Å². The van der Waals surface area contributed by atoms with Crippen LogP contribution in [0.2, 0.25) is 0 Å². The minimum atomic E-state index is -3.30. The summed E-state index contributed by atoms with van der Waals surface area (Å²) in [6.45, 7) is 1.76. The van der Waals surface area contributed by atoms with Gasteiger partial charge in [0.1, 0.15) is 0 Å². The first-order valence-electron chi connectivity index (χ1n) is 9.73. The Labute approximate surface area is 160 Å². The fourth-order valence-corrected chi connectivity index (χ4v) is 5.06. The summed E-state index contributed by atoms with van der Waals surface area (Å²) in [6.07, 6.45) is 6.65. The van der Waals surface area contributed by atoms with Crippen LogP contribution in [0.15, 0.2) is 18.2 Å². The zero-order valence-corrected chi connectivity index (χ0v) is 16.6. The predicted molar refractivity (Wildman–Crippen MR) is 103 cm³/mol. The molecule has 2 aliphatic rings. The third-order valence-electron chi connectivity index (χ3n) is 5.50. The van der Waals surface area contributed by atoms with Gasteiger partial charge < -0.3 is 4.74 Å². The van der Waals surface area contributed by atoms with Gasteiger partial charge >= 0.3 is 5.97 Å². The van der Waals surface area contributed by atoms with Crippen molar-refractivity contribution in [1.82, 2.24) is 0 Å². The molecule has 0 saturated heterocycles. The third-order valence-corrected chi connectivity index (χ3v) is 7.28. The molecule has 7 heteroatoms. The average molecular weight is 394 g/mol. The van der Waals surface area contributed by atoms with E-state index < -0.39 is 10.0 Å². The molecular formula is C20H27NO5S. The highest BCUT2D eigenvalue weighted by atomic mass is 32.2. The Bertz CT molecular complexity index is 812. The molecule has 1 aromatic rings. The lowest BCUT2D eigenvalue weighted by Crippen LogP contribution is -2.30. The molecule has 0 atom stereocenters. The molecule has 0 radical (unpaired) electrons. The van der Waals surface area contributed by atoms with Crippen LogP contribution in [0.25, 0.3) is 0 Å². The number of ketones is 1. The molecule has 0 bridgehead atoms. The lowest BCUT2D eigenvalue weighted by Gasteiger charge is -2.20. The molecule has 1 heterocycles. The van der Waals surface area contributed by atoms with Crippen molar-refractivity contribution in [2.75, 3.05) is 23.2 Å². The molecule has 27 heavy (non-hydrogen) atoms. The second kappa shape index (κ2) is 8.42. The summed E-state index contributed by atoms with van der Waals surface area (Å²) in [4.78, 5) is 24.3. The van der Waals surface area contributed by atoms with Crippen LogP contribution in [0.5, 0.6) is 0 Å². The van der Waals surface area contributed by atoms with E-state index in [2.05, 4.69) is 0 Å². The number of carbonyl (C=O) groups excluding carboxylic acids is 2. The minimum Gasteiger partial charge on any atom is -0.457 e. The van der Waals surface area contributed by atoms with E-state index in [0.717, 1.165) is 31.2 Å². The van der Waals surface area contributed by atoms with Gasteiger partial charge in [-0.1, -0.05) is 19.3 Å². The van der Waals surface area contributed by atoms with Gasteiger partial charge in [0.2, 0.25) is 10.0 Å². The van der Waals surface area contributed by atoms with Gasteiger partial charge in [-0.15, -0.1) is 0 Å². The number of sulfonamides is 1. The number of hydrogen-bond donors (Lipinski definition) is 0. The summed E-state index contributed by atoms with van der Waals surface area (Å²) in [6, 6.07) is 5.00. The van der Waals surface area contributed by atoms with Crippen LogP contribution in [-0.2, 0) is 26.0 Å². The molecule has 148 valence electrons. The van der Waals surface area contributed by atoms with Crippen LogP contribution >= 0.6 is 0 Å². The van der Waals surface area contributed by atoms with Crippen LogP contribution in [0, 0.1) is 5.92 Å². The zero-order chi connectivity index (χ0) is 19.4. The molecule has 1 aromatic carbocycles. The second-order valence-corrected chi connectivity index (χ2v) is 9.54. The summed E-state index contributed by atoms with van der Waals surface area (Å²) in [5.74, 6) is -0.139. The highest BCUT2D eigenvalue weighted by molar-refractivity contribution is 7.92. The van der Waals surface area contributed by atoms with E-state index in [-0.39, 0.29) is 24.1 Å². The first-order chi connectivity index (χ1) is 12.9. The SMILES string of the molecule is CCS(=O)(=O)N1CCc2cc(C(=O)COC(=O)CC3CCCCC3)ccc21. The van der Waals surface area contributed by atoms with Gasteiger partial charge in [0.25, 0.3) is 0 Å². The van der Waals surface area contributed by atoms with Gasteiger partial charge in [-0.05, 0) is 55.9 Å². The number of hydrogen-bond acceptors (Lipinski definition) is 5. The van der Waals surface area contributed by atoms with Gasteiger partial charge in [0.15, 0.2) is 12.4 Å². The van der Waals surface area contributed by atoms with Crippen molar-refractivity contribution in [3.05, 3.63) is 29.3 Å². The lowest BCUT2D eigenvalue weighted by atomic mass is 9.87. The maximum absolute atomic E-state index is 12.4. The van der Waals surface area contributed by atoms with E-state index in [0.29, 0.717) is 36.6 Å². The van der Waals surface area contributed by atoms with E-state index in [1.165, 1.54) is 10.7 Å². The Morgan fingerprint density at radius 2 is 1.93 bits per heavy atom. The monoisotopic (exact) mass is 393 g/mol. The van der Waals surface area contributed by atoms with Gasteiger partial charge in [-0.3, -0.25) is 13.9 Å². The molecule has 6 nitrogen and oxygen atoms in total. The van der Waals surface area contributed by atoms with Gasteiger partial charge in [-0.25, -0.2) is 8.42 Å². The van der Waals surface area contributed by atoms with Crippen molar-refractivity contribution in [3.8, 4) is 0 Å². The smallest absolute Gasteiger partial charge is 0.306 e. The largest absolute Gasteiger partial charge is 0.457 e. The minimum absolute atomic E-state index is 0.0457. The predicted octanol–water partition coefficient (Wildman–Crippen LogP) is 3.10. The molecule has 0 amide bonds. The van der Waals surface area contributed by atoms with Crippen molar-refractivity contribution >= 4 is 27.5 Å². The van der Waals surface area contributed by atoms with Crippen molar-refractivity contribution in [3.63, 3.8) is 0 Å². The number of anilines is 1. The summed E-state index contributed by atoms with van der Waals surface area (Å²) < 4.78 is 30.8. The second-order valence-electron chi connectivity index (χ2n) is 7.36. The molecule has 0 N–H and O–H groups in total. The molecule has 0 aromatic heterocycles. The number of benzene rings is 1. The molecule has 1 saturated carbocycles. The summed E-state index contributed by atoms with van der Waals surface area (Å²) in [5.41, 5.74) is 1.93. The molecular weight excluding hydrogens is 366 g/mol. The third kappa shape index (κ3) is 4.69. The van der Waals surface area contributed by atoms with Crippen LogP contribution in [0.3, 0.4) is 0 Å². The van der Waals surface area contributed by atoms with E-state index in [1.54, 1.807) is 25.1 Å². The van der Waals surface area contributed by atoms with Crippen molar-refractivity contribution in [2.45, 2.75) is 51.9 Å². The number of rotatable bonds is 7. The van der Waals surface area contributed by atoms with E-state index in [4.69, 9.17) is 4.74 Å². The zero-order valence-electron chi connectivity index (χ0n) is 15.8. The highest BCUT2D eigenvalue weighted by Gasteiger charge is 2.28. The summed E-state index contributed by atoms with van der Waals surface area (Å²) in [7, 11) is -3.30. The van der Waals surface area contributed by atoms with Crippen LogP contribution in [-0.4, -0.2) is 39.1 Å². The maximum Gasteiger partial charge on any atom is 0.306 e. The summed E-state index contributed by atoms with van der Waals surface area (Å²) >= 11 is 0. The molecule has 1 aliphatic carbocycles. The van der Waals surface area contributed by atoms with Gasteiger partial charge in [0, 0.05) is 18.5 Å². The molecule has 0 unspecified atom stereocenters. The van der Waals surface area contributed by atoms with Gasteiger partial charge in [-0.2, -0.15) is 0 Å². The van der Waals surface area contributed by atoms with E-state index in [1.807, 2.05) is 0 Å². The number of Topliss-reactive ketones (excluding diaryl/α,β-unsaturated/α-hetero) is 1. The number of ether oxygens (including phenoxy) is 1. The molecule has 3 rings (SSSR count). The Hall–Kier alpha value is -1.89. The standard InChI is InChI=1S/C20H27NO5S/c1-2-27(24,25)21-11-10-16-13-17(8-9-18(16)21)19(22)14-26-20(23)12-15-6-4-3-5-7-15/h8-9,13,15H,2-7,10-12,14H2,1H3. The van der Waals surface area contributed by atoms with Crippen LogP contribution in [0.1, 0.15) is 61.4 Å². The first kappa shape index (κ1) is 19.9. The number of fused-ring (bicyclic) bond motifs is 1. The lowest BCUT2D eigenvalue weighted by molar-refractivity contribution is -0.143. The first-order valence-corrected chi connectivity index (χ1v) is 11.3. The maximum atomic E-state index is 12.4. The van der Waals surface area contributed by atoms with Crippen molar-refractivity contribution in [2.24, 2.45) is 5.92 Å². The van der Waals surface area contributed by atoms with Crippen molar-refractivity contribution in [1.29, 1.82) is 0 Å². The summed E-state index contributed by atoms with van der Waals surface area (Å²) in [5, 5.41) is 0. The fraction of sp³-hybridized carbons (Fsp3) is 0.600. The van der Waals surface area contributed by atoms with Crippen LogP contribution in [0.4, 0.5) is 5.69 Å². The van der Waals surface area contributed by atoms with Crippen LogP contribution < -0.4 is 4.31 Å². The fourth-order valence-electron chi connectivity index (χ4n) is 3.90. The number of esters is 1. The topological polar surface area (TPSA) is 80.8 Å². The number of nitrogens with zero attached hydrogens (tertiary/aromatic N) is 1. The Morgan fingerprint density at radius 3 is 2.63 bits per heavy atom. The quantitative estimate of drug-likeness (QED) is 0.525. The number of carbonyl (C=O) groups is 2. The average Bonchev–Trinajstić information content (AvgIpc) is 3.11. The van der Waals surface area contributed by atoms with Crippen molar-refractivity contribution < 1.29 is 22.7 Å². The Balaban J connectivity index is 1.57. The molecule has 1 fully saturated rings. The normalized spacial score (nSPS) is 17.6. The molecule has 0 spiro atoms. The Kier molecular flexibility index (Phi) is 6.19. The highest BCUT2D eigenvalue weighted by Crippen LogP contribution is 2.31.